The molecule has 3 heteroatoms. The zero-order valence-electron chi connectivity index (χ0n) is 10.6. The van der Waals surface area contributed by atoms with Gasteiger partial charge in [-0.05, 0) is 50.3 Å². The maximum Gasteiger partial charge on any atom is 0.120 e. The van der Waals surface area contributed by atoms with Crippen molar-refractivity contribution in [2.75, 3.05) is 6.54 Å². The number of phenols is 1. The molecular weight excluding hydrogens is 214 g/mol. The van der Waals surface area contributed by atoms with E-state index in [1.807, 2.05) is 19.9 Å². The summed E-state index contributed by atoms with van der Waals surface area (Å²) >= 11 is 0. The predicted octanol–water partition coefficient (Wildman–Crippen LogP) is 2.01. The van der Waals surface area contributed by atoms with E-state index >= 15 is 0 Å². The smallest absolute Gasteiger partial charge is 0.120 e. The Morgan fingerprint density at radius 3 is 2.47 bits per heavy atom. The van der Waals surface area contributed by atoms with Crippen molar-refractivity contribution >= 4 is 0 Å². The van der Waals surface area contributed by atoms with Crippen LogP contribution in [0.2, 0.25) is 0 Å². The monoisotopic (exact) mass is 235 g/mol. The minimum absolute atomic E-state index is 0.334. The molecule has 0 amide bonds. The van der Waals surface area contributed by atoms with Crippen molar-refractivity contribution in [2.45, 2.75) is 45.3 Å². The van der Waals surface area contributed by atoms with Crippen LogP contribution in [0.3, 0.4) is 0 Å². The Labute approximate surface area is 102 Å². The van der Waals surface area contributed by atoms with Crippen molar-refractivity contribution in [3.05, 3.63) is 28.8 Å². The summed E-state index contributed by atoms with van der Waals surface area (Å²) in [5.41, 5.74) is 2.68. The lowest BCUT2D eigenvalue weighted by molar-refractivity contribution is -0.0315. The van der Waals surface area contributed by atoms with Crippen LogP contribution in [0, 0.1) is 13.8 Å². The molecule has 0 atom stereocenters. The number of hydrogen-bond donors (Lipinski definition) is 3. The molecule has 17 heavy (non-hydrogen) atoms. The Bertz CT molecular complexity index is 411. The van der Waals surface area contributed by atoms with E-state index in [1.54, 1.807) is 6.07 Å². The first-order valence-electron chi connectivity index (χ1n) is 6.22. The van der Waals surface area contributed by atoms with Crippen molar-refractivity contribution < 1.29 is 10.2 Å². The van der Waals surface area contributed by atoms with Crippen LogP contribution >= 0.6 is 0 Å². The summed E-state index contributed by atoms with van der Waals surface area (Å²) in [6, 6.07) is 3.80. The Hall–Kier alpha value is -1.06. The molecule has 2 rings (SSSR count). The minimum atomic E-state index is -0.505. The van der Waals surface area contributed by atoms with Gasteiger partial charge < -0.3 is 15.5 Å². The number of rotatable bonds is 4. The lowest BCUT2D eigenvalue weighted by Crippen LogP contribution is -2.45. The standard InChI is InChI=1S/C14H21NO2/c1-10-6-12(13(16)7-11(10)2)8-15-9-14(17)4-3-5-14/h6-7,15-17H,3-5,8-9H2,1-2H3. The SMILES string of the molecule is Cc1cc(O)c(CNCC2(O)CCC2)cc1C. The van der Waals surface area contributed by atoms with Gasteiger partial charge in [0.05, 0.1) is 5.60 Å². The molecule has 1 aliphatic carbocycles. The molecule has 0 aliphatic heterocycles. The quantitative estimate of drug-likeness (QED) is 0.748. The maximum atomic E-state index is 9.93. The Morgan fingerprint density at radius 2 is 1.88 bits per heavy atom. The fourth-order valence-corrected chi connectivity index (χ4v) is 2.19. The molecular formula is C14H21NO2. The highest BCUT2D eigenvalue weighted by molar-refractivity contribution is 5.40. The van der Waals surface area contributed by atoms with E-state index in [-0.39, 0.29) is 0 Å². The molecule has 0 heterocycles. The van der Waals surface area contributed by atoms with Crippen LogP contribution in [-0.4, -0.2) is 22.4 Å². The molecule has 1 aliphatic rings. The summed E-state index contributed by atoms with van der Waals surface area (Å²) in [5, 5.41) is 23.0. The lowest BCUT2D eigenvalue weighted by atomic mass is 9.80. The largest absolute Gasteiger partial charge is 0.508 e. The lowest BCUT2D eigenvalue weighted by Gasteiger charge is -2.36. The van der Waals surface area contributed by atoms with E-state index in [4.69, 9.17) is 0 Å². The van der Waals surface area contributed by atoms with Crippen LogP contribution in [0.4, 0.5) is 0 Å². The number of aliphatic hydroxyl groups is 1. The molecule has 3 nitrogen and oxygen atoms in total. The Kier molecular flexibility index (Phi) is 3.40. The molecule has 1 saturated carbocycles. The number of phenolic OH excluding ortho intramolecular Hbond substituents is 1. The first-order chi connectivity index (χ1) is 8.00. The summed E-state index contributed by atoms with van der Waals surface area (Å²) in [6.45, 7) is 5.25. The van der Waals surface area contributed by atoms with Gasteiger partial charge in [0.1, 0.15) is 5.75 Å². The molecule has 0 unspecified atom stereocenters. The predicted molar refractivity (Wildman–Crippen MR) is 68.1 cm³/mol. The molecule has 94 valence electrons. The maximum absolute atomic E-state index is 9.93. The van der Waals surface area contributed by atoms with Gasteiger partial charge in [-0.3, -0.25) is 0 Å². The van der Waals surface area contributed by atoms with Gasteiger partial charge in [-0.15, -0.1) is 0 Å². The van der Waals surface area contributed by atoms with E-state index in [9.17, 15) is 10.2 Å². The Morgan fingerprint density at radius 1 is 1.24 bits per heavy atom. The first-order valence-corrected chi connectivity index (χ1v) is 6.22. The second-order valence-corrected chi connectivity index (χ2v) is 5.25. The molecule has 3 N–H and O–H groups in total. The average Bonchev–Trinajstić information content (AvgIpc) is 2.23. The van der Waals surface area contributed by atoms with Crippen LogP contribution < -0.4 is 5.32 Å². The van der Waals surface area contributed by atoms with Crippen molar-refractivity contribution in [3.63, 3.8) is 0 Å². The number of hydrogen-bond acceptors (Lipinski definition) is 3. The highest BCUT2D eigenvalue weighted by Crippen LogP contribution is 2.30. The third-order valence-electron chi connectivity index (χ3n) is 3.75. The van der Waals surface area contributed by atoms with Crippen LogP contribution in [-0.2, 0) is 6.54 Å². The first kappa shape index (κ1) is 12.4. The van der Waals surface area contributed by atoms with Crippen molar-refractivity contribution in [3.8, 4) is 5.75 Å². The fraction of sp³-hybridized carbons (Fsp3) is 0.571. The number of aryl methyl sites for hydroxylation is 2. The van der Waals surface area contributed by atoms with E-state index in [2.05, 4.69) is 5.32 Å². The van der Waals surface area contributed by atoms with Gasteiger partial charge in [-0.1, -0.05) is 6.07 Å². The summed E-state index contributed by atoms with van der Waals surface area (Å²) in [4.78, 5) is 0. The van der Waals surface area contributed by atoms with Crippen LogP contribution in [0.1, 0.15) is 36.0 Å². The van der Waals surface area contributed by atoms with Crippen molar-refractivity contribution in [2.24, 2.45) is 0 Å². The molecule has 0 bridgehead atoms. The molecule has 0 saturated heterocycles. The molecule has 0 spiro atoms. The van der Waals surface area contributed by atoms with Crippen LogP contribution in [0.25, 0.3) is 0 Å². The van der Waals surface area contributed by atoms with E-state index in [0.29, 0.717) is 18.8 Å². The zero-order chi connectivity index (χ0) is 12.5. The van der Waals surface area contributed by atoms with Gasteiger partial charge in [0, 0.05) is 18.7 Å². The second-order valence-electron chi connectivity index (χ2n) is 5.25. The highest BCUT2D eigenvalue weighted by atomic mass is 16.3. The topological polar surface area (TPSA) is 52.5 Å². The van der Waals surface area contributed by atoms with Gasteiger partial charge in [-0.25, -0.2) is 0 Å². The Balaban J connectivity index is 1.92. The molecule has 1 aromatic rings. The zero-order valence-corrected chi connectivity index (χ0v) is 10.6. The minimum Gasteiger partial charge on any atom is -0.508 e. The molecule has 1 aromatic carbocycles. The molecule has 0 aromatic heterocycles. The normalized spacial score (nSPS) is 17.8. The van der Waals surface area contributed by atoms with Crippen molar-refractivity contribution in [1.82, 2.24) is 5.32 Å². The highest BCUT2D eigenvalue weighted by Gasteiger charge is 2.33. The van der Waals surface area contributed by atoms with Gasteiger partial charge in [0.15, 0.2) is 0 Å². The number of benzene rings is 1. The summed E-state index contributed by atoms with van der Waals surface area (Å²) < 4.78 is 0. The van der Waals surface area contributed by atoms with Gasteiger partial charge in [-0.2, -0.15) is 0 Å². The molecule has 1 fully saturated rings. The van der Waals surface area contributed by atoms with Crippen LogP contribution in [0.15, 0.2) is 12.1 Å². The van der Waals surface area contributed by atoms with E-state index < -0.39 is 5.60 Å². The van der Waals surface area contributed by atoms with Gasteiger partial charge >= 0.3 is 0 Å². The fourth-order valence-electron chi connectivity index (χ4n) is 2.19. The summed E-state index contributed by atoms with van der Waals surface area (Å²) in [6.07, 6.45) is 2.89. The van der Waals surface area contributed by atoms with E-state index in [0.717, 1.165) is 30.4 Å². The third-order valence-corrected chi connectivity index (χ3v) is 3.75. The average molecular weight is 235 g/mol. The molecule has 0 radical (unpaired) electrons. The van der Waals surface area contributed by atoms with Gasteiger partial charge in [0.2, 0.25) is 0 Å². The van der Waals surface area contributed by atoms with Crippen molar-refractivity contribution in [1.29, 1.82) is 0 Å². The van der Waals surface area contributed by atoms with E-state index in [1.165, 1.54) is 5.56 Å². The van der Waals surface area contributed by atoms with Gasteiger partial charge in [0.25, 0.3) is 0 Å². The number of nitrogens with one attached hydrogen (secondary N) is 1. The summed E-state index contributed by atoms with van der Waals surface area (Å²) in [7, 11) is 0. The number of aromatic hydroxyl groups is 1. The third kappa shape index (κ3) is 2.79. The second kappa shape index (κ2) is 4.67. The summed E-state index contributed by atoms with van der Waals surface area (Å²) in [5.74, 6) is 0.334. The van der Waals surface area contributed by atoms with Crippen LogP contribution in [0.5, 0.6) is 5.75 Å².